The van der Waals surface area contributed by atoms with Crippen molar-refractivity contribution in [3.05, 3.63) is 44.3 Å². The molecule has 1 aliphatic carbocycles. The van der Waals surface area contributed by atoms with Crippen LogP contribution in [0.15, 0.2) is 11.0 Å². The molecular weight excluding hydrogens is 338 g/mol. The van der Waals surface area contributed by atoms with Crippen LogP contribution in [0.3, 0.4) is 0 Å². The topological polar surface area (TPSA) is 66.8 Å². The molecule has 0 spiro atoms. The van der Waals surface area contributed by atoms with Gasteiger partial charge in [-0.25, -0.2) is 4.98 Å². The average Bonchev–Trinajstić information content (AvgIpc) is 2.93. The first-order valence-electron chi connectivity index (χ1n) is 9.12. The van der Waals surface area contributed by atoms with Crippen molar-refractivity contribution in [1.29, 1.82) is 0 Å². The van der Waals surface area contributed by atoms with Gasteiger partial charge in [-0.1, -0.05) is 30.9 Å². The molecule has 4 rings (SSSR count). The van der Waals surface area contributed by atoms with E-state index in [0.717, 1.165) is 48.6 Å². The van der Waals surface area contributed by atoms with Gasteiger partial charge in [0.1, 0.15) is 5.82 Å². The lowest BCUT2D eigenvalue weighted by atomic mass is 9.88. The van der Waals surface area contributed by atoms with Gasteiger partial charge in [-0.2, -0.15) is 5.10 Å². The van der Waals surface area contributed by atoms with Crippen LogP contribution in [-0.2, 0) is 26.6 Å². The lowest BCUT2D eigenvalue weighted by Gasteiger charge is -2.28. The van der Waals surface area contributed by atoms with Crippen LogP contribution in [0.2, 0.25) is 5.02 Å². The molecule has 1 fully saturated rings. The maximum Gasteiger partial charge on any atom is 0.255 e. The van der Waals surface area contributed by atoms with Gasteiger partial charge in [-0.15, -0.1) is 0 Å². The summed E-state index contributed by atoms with van der Waals surface area (Å²) in [5.41, 5.74) is 2.67. The number of halogens is 1. The van der Waals surface area contributed by atoms with Gasteiger partial charge in [-0.05, 0) is 12.8 Å². The zero-order chi connectivity index (χ0) is 17.4. The van der Waals surface area contributed by atoms with E-state index in [0.29, 0.717) is 24.0 Å². The summed E-state index contributed by atoms with van der Waals surface area (Å²) in [6.45, 7) is 2.14. The number of aryl methyl sites for hydroxylation is 1. The summed E-state index contributed by atoms with van der Waals surface area (Å²) in [5, 5.41) is 5.07. The van der Waals surface area contributed by atoms with Gasteiger partial charge in [-0.3, -0.25) is 14.4 Å². The van der Waals surface area contributed by atoms with Crippen LogP contribution < -0.4 is 5.56 Å². The Kier molecular flexibility index (Phi) is 4.65. The Bertz CT molecular complexity index is 821. The fourth-order valence-corrected chi connectivity index (χ4v) is 4.27. The molecule has 7 heteroatoms. The first-order chi connectivity index (χ1) is 12.1. The fraction of sp³-hybridized carbons (Fsp3) is 0.611. The van der Waals surface area contributed by atoms with E-state index in [1.54, 1.807) is 10.9 Å². The van der Waals surface area contributed by atoms with Crippen LogP contribution in [0, 0.1) is 0 Å². The highest BCUT2D eigenvalue weighted by molar-refractivity contribution is 6.31. The maximum absolute atomic E-state index is 12.6. The average molecular weight is 362 g/mol. The Hall–Kier alpha value is -1.66. The Labute approximate surface area is 152 Å². The molecule has 1 saturated carbocycles. The second-order valence-corrected chi connectivity index (χ2v) is 7.68. The molecule has 0 amide bonds. The van der Waals surface area contributed by atoms with Gasteiger partial charge in [0.25, 0.3) is 5.56 Å². The minimum absolute atomic E-state index is 0.0300. The highest BCUT2D eigenvalue weighted by Crippen LogP contribution is 2.31. The van der Waals surface area contributed by atoms with Gasteiger partial charge in [0.05, 0.1) is 22.0 Å². The smallest absolute Gasteiger partial charge is 0.255 e. The third kappa shape index (κ3) is 3.51. The lowest BCUT2D eigenvalue weighted by Crippen LogP contribution is -2.36. The van der Waals surface area contributed by atoms with Crippen LogP contribution in [0.1, 0.15) is 60.8 Å². The minimum Gasteiger partial charge on any atom is -0.310 e. The molecule has 25 heavy (non-hydrogen) atoms. The summed E-state index contributed by atoms with van der Waals surface area (Å²) in [4.78, 5) is 22.7. The standard InChI is InChI=1S/C18H24ClN5O/c1-23-10-14(19)16(22-23)11-24-8-7-15-13(9-24)18(25)21-17(20-15)12-5-3-2-4-6-12/h10,12H,2-9,11H2,1H3,(H,20,21,25). The first-order valence-corrected chi connectivity index (χ1v) is 9.50. The van der Waals surface area contributed by atoms with Crippen molar-refractivity contribution in [2.24, 2.45) is 7.05 Å². The molecule has 0 unspecified atom stereocenters. The molecule has 0 aromatic carbocycles. The van der Waals surface area contributed by atoms with E-state index in [-0.39, 0.29) is 5.56 Å². The van der Waals surface area contributed by atoms with Crippen molar-refractivity contribution in [2.75, 3.05) is 6.54 Å². The number of hydrogen-bond donors (Lipinski definition) is 1. The molecule has 6 nitrogen and oxygen atoms in total. The molecule has 0 bridgehead atoms. The van der Waals surface area contributed by atoms with Crippen LogP contribution in [-0.4, -0.2) is 31.2 Å². The molecule has 134 valence electrons. The summed E-state index contributed by atoms with van der Waals surface area (Å²) in [6, 6.07) is 0. The van der Waals surface area contributed by atoms with Crippen molar-refractivity contribution in [1.82, 2.24) is 24.6 Å². The zero-order valence-corrected chi connectivity index (χ0v) is 15.3. The summed E-state index contributed by atoms with van der Waals surface area (Å²) >= 11 is 6.21. The molecule has 2 aliphatic rings. The molecule has 0 radical (unpaired) electrons. The van der Waals surface area contributed by atoms with E-state index >= 15 is 0 Å². The summed E-state index contributed by atoms with van der Waals surface area (Å²) in [6.07, 6.45) is 8.69. The number of nitrogens with zero attached hydrogens (tertiary/aromatic N) is 4. The number of hydrogen-bond acceptors (Lipinski definition) is 4. The SMILES string of the molecule is Cn1cc(Cl)c(CN2CCc3nc(C4CCCCC4)[nH]c(=O)c3C2)n1. The molecule has 0 saturated heterocycles. The summed E-state index contributed by atoms with van der Waals surface area (Å²) < 4.78 is 1.72. The molecule has 1 aliphatic heterocycles. The number of fused-ring (bicyclic) bond motifs is 1. The van der Waals surface area contributed by atoms with Crippen LogP contribution in [0.5, 0.6) is 0 Å². The van der Waals surface area contributed by atoms with Gasteiger partial charge >= 0.3 is 0 Å². The second kappa shape index (κ2) is 6.92. The van der Waals surface area contributed by atoms with Crippen molar-refractivity contribution in [2.45, 2.75) is 57.5 Å². The summed E-state index contributed by atoms with van der Waals surface area (Å²) in [5.74, 6) is 1.33. The number of rotatable bonds is 3. The molecule has 3 heterocycles. The van der Waals surface area contributed by atoms with Crippen molar-refractivity contribution in [3.63, 3.8) is 0 Å². The molecule has 2 aromatic heterocycles. The van der Waals surface area contributed by atoms with E-state index in [9.17, 15) is 4.79 Å². The highest BCUT2D eigenvalue weighted by Gasteiger charge is 2.25. The Morgan fingerprint density at radius 2 is 2.12 bits per heavy atom. The van der Waals surface area contributed by atoms with Crippen molar-refractivity contribution in [3.8, 4) is 0 Å². The maximum atomic E-state index is 12.6. The monoisotopic (exact) mass is 361 g/mol. The zero-order valence-electron chi connectivity index (χ0n) is 14.6. The quantitative estimate of drug-likeness (QED) is 0.912. The minimum atomic E-state index is 0.0300. The fourth-order valence-electron chi connectivity index (χ4n) is 4.03. The predicted molar refractivity (Wildman–Crippen MR) is 96.7 cm³/mol. The third-order valence-corrected chi connectivity index (χ3v) is 5.70. The van der Waals surface area contributed by atoms with E-state index in [1.807, 2.05) is 7.05 Å². The third-order valence-electron chi connectivity index (χ3n) is 5.39. The van der Waals surface area contributed by atoms with E-state index < -0.39 is 0 Å². The Balaban J connectivity index is 1.53. The van der Waals surface area contributed by atoms with Crippen molar-refractivity contribution >= 4 is 11.6 Å². The van der Waals surface area contributed by atoms with E-state index in [4.69, 9.17) is 16.6 Å². The van der Waals surface area contributed by atoms with Crippen molar-refractivity contribution < 1.29 is 0 Å². The molecule has 0 atom stereocenters. The van der Waals surface area contributed by atoms with Crippen LogP contribution in [0.25, 0.3) is 0 Å². The van der Waals surface area contributed by atoms with Gasteiger partial charge in [0.15, 0.2) is 0 Å². The second-order valence-electron chi connectivity index (χ2n) is 7.27. The Morgan fingerprint density at radius 3 is 2.84 bits per heavy atom. The molecule has 2 aromatic rings. The highest BCUT2D eigenvalue weighted by atomic mass is 35.5. The lowest BCUT2D eigenvalue weighted by molar-refractivity contribution is 0.237. The summed E-state index contributed by atoms with van der Waals surface area (Å²) in [7, 11) is 1.86. The number of nitrogens with one attached hydrogen (secondary N) is 1. The largest absolute Gasteiger partial charge is 0.310 e. The van der Waals surface area contributed by atoms with E-state index in [1.165, 1.54) is 19.3 Å². The van der Waals surface area contributed by atoms with Crippen LogP contribution in [0.4, 0.5) is 0 Å². The van der Waals surface area contributed by atoms with Gasteiger partial charge in [0, 0.05) is 45.2 Å². The van der Waals surface area contributed by atoms with Crippen LogP contribution >= 0.6 is 11.6 Å². The molecular formula is C18H24ClN5O. The van der Waals surface area contributed by atoms with Gasteiger partial charge < -0.3 is 4.98 Å². The number of aromatic nitrogens is 4. The number of aromatic amines is 1. The predicted octanol–water partition coefficient (Wildman–Crippen LogP) is 2.76. The van der Waals surface area contributed by atoms with E-state index in [2.05, 4.69) is 15.0 Å². The van der Waals surface area contributed by atoms with Gasteiger partial charge in [0.2, 0.25) is 0 Å². The molecule has 1 N–H and O–H groups in total. The normalized spacial score (nSPS) is 19.1. The Morgan fingerprint density at radius 1 is 1.32 bits per heavy atom. The number of H-pyrrole nitrogens is 1. The first kappa shape index (κ1) is 16.8.